The Morgan fingerprint density at radius 1 is 1.35 bits per heavy atom. The van der Waals surface area contributed by atoms with Crippen LogP contribution in [0.4, 0.5) is 0 Å². The van der Waals surface area contributed by atoms with E-state index in [4.69, 9.17) is 5.73 Å². The van der Waals surface area contributed by atoms with E-state index in [0.29, 0.717) is 0 Å². The van der Waals surface area contributed by atoms with Crippen LogP contribution >= 0.6 is 15.9 Å². The Bertz CT molecular complexity index is 516. The van der Waals surface area contributed by atoms with Gasteiger partial charge in [0.05, 0.1) is 18.6 Å². The van der Waals surface area contributed by atoms with Crippen LogP contribution < -0.4 is 11.1 Å². The molecule has 3 unspecified atom stereocenters. The average molecular weight is 340 g/mol. The van der Waals surface area contributed by atoms with E-state index in [1.807, 2.05) is 36.1 Å². The van der Waals surface area contributed by atoms with E-state index < -0.39 is 0 Å². The molecule has 6 heteroatoms. The zero-order chi connectivity index (χ0) is 14.9. The van der Waals surface area contributed by atoms with Crippen LogP contribution in [0, 0.1) is 0 Å². The molecule has 1 aromatic rings. The summed E-state index contributed by atoms with van der Waals surface area (Å²) in [6.07, 6.45) is 0. The molecule has 3 atom stereocenters. The SMILES string of the molecule is CC(N)C(c1ccc(Br)cc1)N1CC(=O)NC(=O)C1C. The Balaban J connectivity index is 2.34. The first kappa shape index (κ1) is 15.2. The van der Waals surface area contributed by atoms with Crippen LogP contribution in [0.25, 0.3) is 0 Å². The lowest BCUT2D eigenvalue weighted by Gasteiger charge is -2.40. The van der Waals surface area contributed by atoms with Gasteiger partial charge in [-0.3, -0.25) is 19.8 Å². The molecule has 0 spiro atoms. The van der Waals surface area contributed by atoms with Crippen molar-refractivity contribution in [3.05, 3.63) is 34.3 Å². The first-order valence-electron chi connectivity index (χ1n) is 6.50. The summed E-state index contributed by atoms with van der Waals surface area (Å²) in [5.41, 5.74) is 7.09. The van der Waals surface area contributed by atoms with Gasteiger partial charge in [-0.1, -0.05) is 28.1 Å². The maximum Gasteiger partial charge on any atom is 0.243 e. The Labute approximate surface area is 126 Å². The summed E-state index contributed by atoms with van der Waals surface area (Å²) >= 11 is 3.40. The van der Waals surface area contributed by atoms with Crippen LogP contribution in [-0.4, -0.2) is 35.3 Å². The number of hydrogen-bond acceptors (Lipinski definition) is 4. The first-order valence-corrected chi connectivity index (χ1v) is 7.30. The standard InChI is InChI=1S/C14H18BrN3O2/c1-8(16)13(10-3-5-11(15)6-4-10)18-7-12(19)17-14(20)9(18)2/h3-6,8-9,13H,7,16H2,1-2H3,(H,17,19,20). The van der Waals surface area contributed by atoms with Crippen molar-refractivity contribution in [3.8, 4) is 0 Å². The predicted molar refractivity (Wildman–Crippen MR) is 79.9 cm³/mol. The topological polar surface area (TPSA) is 75.4 Å². The third-order valence-corrected chi connectivity index (χ3v) is 4.06. The van der Waals surface area contributed by atoms with Gasteiger partial charge in [-0.15, -0.1) is 0 Å². The fourth-order valence-electron chi connectivity index (χ4n) is 2.53. The molecule has 1 aliphatic rings. The van der Waals surface area contributed by atoms with Crippen molar-refractivity contribution in [1.82, 2.24) is 10.2 Å². The van der Waals surface area contributed by atoms with Crippen molar-refractivity contribution >= 4 is 27.7 Å². The predicted octanol–water partition coefficient (Wildman–Crippen LogP) is 1.18. The summed E-state index contributed by atoms with van der Waals surface area (Å²) in [4.78, 5) is 25.3. The highest BCUT2D eigenvalue weighted by Crippen LogP contribution is 2.27. The summed E-state index contributed by atoms with van der Waals surface area (Å²) in [5, 5.41) is 2.35. The van der Waals surface area contributed by atoms with Crippen molar-refractivity contribution in [2.75, 3.05) is 6.54 Å². The minimum Gasteiger partial charge on any atom is -0.326 e. The minimum atomic E-state index is -0.382. The van der Waals surface area contributed by atoms with Gasteiger partial charge < -0.3 is 5.73 Å². The van der Waals surface area contributed by atoms with E-state index in [9.17, 15) is 9.59 Å². The number of carbonyl (C=O) groups is 2. The molecule has 1 heterocycles. The van der Waals surface area contributed by atoms with E-state index in [0.717, 1.165) is 10.0 Å². The molecule has 5 nitrogen and oxygen atoms in total. The number of nitrogens with one attached hydrogen (secondary N) is 1. The molecule has 1 aromatic carbocycles. The number of nitrogens with zero attached hydrogens (tertiary/aromatic N) is 1. The number of hydrogen-bond donors (Lipinski definition) is 2. The molecule has 108 valence electrons. The molecule has 0 saturated carbocycles. The Morgan fingerprint density at radius 3 is 2.50 bits per heavy atom. The highest BCUT2D eigenvalue weighted by atomic mass is 79.9. The first-order chi connectivity index (χ1) is 9.40. The van der Waals surface area contributed by atoms with Crippen LogP contribution in [0.15, 0.2) is 28.7 Å². The van der Waals surface area contributed by atoms with Gasteiger partial charge in [0.2, 0.25) is 11.8 Å². The average Bonchev–Trinajstić information content (AvgIpc) is 2.37. The van der Waals surface area contributed by atoms with Crippen molar-refractivity contribution in [1.29, 1.82) is 0 Å². The zero-order valence-corrected chi connectivity index (χ0v) is 13.1. The lowest BCUT2D eigenvalue weighted by Crippen LogP contribution is -2.59. The number of amides is 2. The number of imide groups is 1. The van der Waals surface area contributed by atoms with E-state index in [-0.39, 0.29) is 36.5 Å². The van der Waals surface area contributed by atoms with Crippen LogP contribution in [0.5, 0.6) is 0 Å². The van der Waals surface area contributed by atoms with Gasteiger partial charge in [-0.05, 0) is 31.5 Å². The highest BCUT2D eigenvalue weighted by molar-refractivity contribution is 9.10. The number of halogens is 1. The van der Waals surface area contributed by atoms with Gasteiger partial charge in [0.1, 0.15) is 0 Å². The van der Waals surface area contributed by atoms with E-state index in [1.165, 1.54) is 0 Å². The van der Waals surface area contributed by atoms with Gasteiger partial charge in [0.25, 0.3) is 0 Å². The summed E-state index contributed by atoms with van der Waals surface area (Å²) in [6, 6.07) is 7.03. The molecule has 2 rings (SSSR count). The summed E-state index contributed by atoms with van der Waals surface area (Å²) in [6.45, 7) is 3.85. The molecule has 0 aromatic heterocycles. The molecule has 1 fully saturated rings. The van der Waals surface area contributed by atoms with Gasteiger partial charge in [0.15, 0.2) is 0 Å². The van der Waals surface area contributed by atoms with Crippen molar-refractivity contribution in [2.45, 2.75) is 32.0 Å². The molecule has 1 saturated heterocycles. The molecule has 0 aliphatic carbocycles. The second kappa shape index (κ2) is 6.03. The molecular formula is C14H18BrN3O2. The maximum absolute atomic E-state index is 11.8. The van der Waals surface area contributed by atoms with Crippen LogP contribution in [0.3, 0.4) is 0 Å². The second-order valence-corrected chi connectivity index (χ2v) is 6.03. The largest absolute Gasteiger partial charge is 0.326 e. The van der Waals surface area contributed by atoms with Gasteiger partial charge in [-0.25, -0.2) is 0 Å². The third-order valence-electron chi connectivity index (χ3n) is 3.53. The normalized spacial score (nSPS) is 23.3. The lowest BCUT2D eigenvalue weighted by atomic mass is 9.96. The quantitative estimate of drug-likeness (QED) is 0.811. The smallest absolute Gasteiger partial charge is 0.243 e. The summed E-state index contributed by atoms with van der Waals surface area (Å²) < 4.78 is 0.977. The summed E-state index contributed by atoms with van der Waals surface area (Å²) in [5.74, 6) is -0.556. The highest BCUT2D eigenvalue weighted by Gasteiger charge is 2.36. The monoisotopic (exact) mass is 339 g/mol. The fourth-order valence-corrected chi connectivity index (χ4v) is 2.80. The maximum atomic E-state index is 11.8. The minimum absolute atomic E-state index is 0.173. The molecule has 3 N–H and O–H groups in total. The second-order valence-electron chi connectivity index (χ2n) is 5.12. The number of nitrogens with two attached hydrogens (primary N) is 1. The number of benzene rings is 1. The Kier molecular flexibility index (Phi) is 4.57. The molecular weight excluding hydrogens is 322 g/mol. The van der Waals surface area contributed by atoms with Gasteiger partial charge in [-0.2, -0.15) is 0 Å². The number of piperazine rings is 1. The van der Waals surface area contributed by atoms with Crippen molar-refractivity contribution in [3.63, 3.8) is 0 Å². The summed E-state index contributed by atoms with van der Waals surface area (Å²) in [7, 11) is 0. The fraction of sp³-hybridized carbons (Fsp3) is 0.429. The Morgan fingerprint density at radius 2 is 1.95 bits per heavy atom. The van der Waals surface area contributed by atoms with Crippen LogP contribution in [-0.2, 0) is 9.59 Å². The van der Waals surface area contributed by atoms with E-state index in [2.05, 4.69) is 21.2 Å². The molecule has 1 aliphatic heterocycles. The molecule has 20 heavy (non-hydrogen) atoms. The zero-order valence-electron chi connectivity index (χ0n) is 11.5. The Hall–Kier alpha value is -1.24. The van der Waals surface area contributed by atoms with Crippen molar-refractivity contribution < 1.29 is 9.59 Å². The number of carbonyl (C=O) groups excluding carboxylic acids is 2. The van der Waals surface area contributed by atoms with Gasteiger partial charge >= 0.3 is 0 Å². The van der Waals surface area contributed by atoms with E-state index >= 15 is 0 Å². The van der Waals surface area contributed by atoms with E-state index in [1.54, 1.807) is 6.92 Å². The van der Waals surface area contributed by atoms with Crippen molar-refractivity contribution in [2.24, 2.45) is 5.73 Å². The third kappa shape index (κ3) is 3.08. The number of rotatable bonds is 3. The van der Waals surface area contributed by atoms with Crippen LogP contribution in [0.2, 0.25) is 0 Å². The molecule has 0 radical (unpaired) electrons. The molecule has 2 amide bonds. The lowest BCUT2D eigenvalue weighted by molar-refractivity contribution is -0.141. The van der Waals surface area contributed by atoms with Crippen LogP contribution in [0.1, 0.15) is 25.5 Å². The van der Waals surface area contributed by atoms with Gasteiger partial charge in [0, 0.05) is 10.5 Å². The molecule has 0 bridgehead atoms.